The lowest BCUT2D eigenvalue weighted by Gasteiger charge is -2.06. The van der Waals surface area contributed by atoms with E-state index in [-0.39, 0.29) is 12.5 Å². The summed E-state index contributed by atoms with van der Waals surface area (Å²) in [6, 6.07) is 1.64. The molecule has 2 amide bonds. The lowest BCUT2D eigenvalue weighted by molar-refractivity contribution is -0.137. The van der Waals surface area contributed by atoms with Gasteiger partial charge in [-0.2, -0.15) is 0 Å². The molecule has 0 saturated heterocycles. The van der Waals surface area contributed by atoms with Crippen LogP contribution in [0.15, 0.2) is 15.9 Å². The molecule has 0 aliphatic rings. The minimum absolute atomic E-state index is 0.0662. The van der Waals surface area contributed by atoms with Crippen molar-refractivity contribution in [1.29, 1.82) is 0 Å². The molecule has 0 fully saturated rings. The van der Waals surface area contributed by atoms with Crippen LogP contribution >= 0.6 is 27.3 Å². The molecule has 7 heteroatoms. The second-order valence-electron chi connectivity index (χ2n) is 3.30. The number of thiophene rings is 1. The van der Waals surface area contributed by atoms with E-state index in [0.29, 0.717) is 19.5 Å². The number of nitrogens with one attached hydrogen (secondary N) is 2. The Morgan fingerprint density at radius 2 is 2.18 bits per heavy atom. The summed E-state index contributed by atoms with van der Waals surface area (Å²) >= 11 is 4.93. The van der Waals surface area contributed by atoms with E-state index in [4.69, 9.17) is 5.11 Å². The van der Waals surface area contributed by atoms with Gasteiger partial charge in [-0.15, -0.1) is 11.3 Å². The maximum atomic E-state index is 11.3. The molecule has 3 N–H and O–H groups in total. The Morgan fingerprint density at radius 1 is 1.41 bits per heavy atom. The van der Waals surface area contributed by atoms with Crippen LogP contribution in [0.5, 0.6) is 0 Å². The van der Waals surface area contributed by atoms with Gasteiger partial charge in [-0.25, -0.2) is 4.79 Å². The number of hydrogen-bond donors (Lipinski definition) is 3. The molecule has 1 aromatic heterocycles. The first-order valence-electron chi connectivity index (χ1n) is 5.05. The van der Waals surface area contributed by atoms with Crippen LogP contribution in [0.4, 0.5) is 4.79 Å². The monoisotopic (exact) mass is 320 g/mol. The van der Waals surface area contributed by atoms with Crippen LogP contribution in [-0.4, -0.2) is 23.7 Å². The molecule has 94 valence electrons. The average molecular weight is 321 g/mol. The first-order chi connectivity index (χ1) is 8.09. The third-order valence-corrected chi connectivity index (χ3v) is 3.88. The molecule has 17 heavy (non-hydrogen) atoms. The van der Waals surface area contributed by atoms with Crippen LogP contribution in [0, 0.1) is 0 Å². The Morgan fingerprint density at radius 3 is 2.76 bits per heavy atom. The van der Waals surface area contributed by atoms with Crippen LogP contribution in [0.2, 0.25) is 0 Å². The van der Waals surface area contributed by atoms with Crippen LogP contribution in [0.25, 0.3) is 0 Å². The number of hydrogen-bond acceptors (Lipinski definition) is 3. The van der Waals surface area contributed by atoms with Gasteiger partial charge in [-0.1, -0.05) is 0 Å². The Bertz CT molecular complexity index is 395. The lowest BCUT2D eigenvalue weighted by atomic mass is 10.3. The number of rotatable bonds is 6. The van der Waals surface area contributed by atoms with Gasteiger partial charge in [-0.3, -0.25) is 4.79 Å². The van der Waals surface area contributed by atoms with Crippen molar-refractivity contribution < 1.29 is 14.7 Å². The molecule has 0 bridgehead atoms. The van der Waals surface area contributed by atoms with Crippen molar-refractivity contribution in [1.82, 2.24) is 10.6 Å². The molecule has 0 radical (unpaired) electrons. The summed E-state index contributed by atoms with van der Waals surface area (Å²) in [5.74, 6) is -0.852. The molecule has 1 heterocycles. The summed E-state index contributed by atoms with van der Waals surface area (Å²) in [5.41, 5.74) is 0. The highest BCUT2D eigenvalue weighted by Crippen LogP contribution is 2.21. The zero-order chi connectivity index (χ0) is 12.7. The van der Waals surface area contributed by atoms with Gasteiger partial charge in [0.1, 0.15) is 0 Å². The normalized spacial score (nSPS) is 9.94. The number of amides is 2. The van der Waals surface area contributed by atoms with E-state index < -0.39 is 5.97 Å². The van der Waals surface area contributed by atoms with Gasteiger partial charge in [-0.05, 0) is 33.8 Å². The smallest absolute Gasteiger partial charge is 0.315 e. The van der Waals surface area contributed by atoms with E-state index in [1.807, 2.05) is 11.4 Å². The van der Waals surface area contributed by atoms with Crippen molar-refractivity contribution in [2.75, 3.05) is 6.54 Å². The van der Waals surface area contributed by atoms with Crippen molar-refractivity contribution in [3.8, 4) is 0 Å². The molecule has 0 aliphatic carbocycles. The predicted molar refractivity (Wildman–Crippen MR) is 69.1 cm³/mol. The van der Waals surface area contributed by atoms with E-state index in [0.717, 1.165) is 9.35 Å². The number of carboxylic acid groups (broad SMARTS) is 1. The molecular formula is C10H13BrN2O3S. The van der Waals surface area contributed by atoms with E-state index in [1.165, 1.54) is 0 Å². The summed E-state index contributed by atoms with van der Waals surface area (Å²) in [6.07, 6.45) is 0.502. The van der Waals surface area contributed by atoms with E-state index in [9.17, 15) is 9.59 Å². The molecule has 1 rings (SSSR count). The van der Waals surface area contributed by atoms with Crippen LogP contribution in [-0.2, 0) is 11.3 Å². The fourth-order valence-corrected chi connectivity index (χ4v) is 2.55. The van der Waals surface area contributed by atoms with Gasteiger partial charge in [0.05, 0.1) is 6.54 Å². The minimum atomic E-state index is -0.852. The Kier molecular flexibility index (Phi) is 5.99. The topological polar surface area (TPSA) is 78.4 Å². The number of aliphatic carboxylic acids is 1. The third kappa shape index (κ3) is 5.69. The van der Waals surface area contributed by atoms with Crippen molar-refractivity contribution in [3.05, 3.63) is 20.8 Å². The Balaban J connectivity index is 2.13. The van der Waals surface area contributed by atoms with Gasteiger partial charge >= 0.3 is 12.0 Å². The number of urea groups is 1. The lowest BCUT2D eigenvalue weighted by Crippen LogP contribution is -2.35. The Labute approximate surface area is 111 Å². The average Bonchev–Trinajstić information content (AvgIpc) is 2.67. The van der Waals surface area contributed by atoms with Crippen molar-refractivity contribution in [2.24, 2.45) is 0 Å². The van der Waals surface area contributed by atoms with Gasteiger partial charge in [0.25, 0.3) is 0 Å². The summed E-state index contributed by atoms with van der Waals surface area (Å²) in [5, 5.41) is 15.6. The molecular weight excluding hydrogens is 308 g/mol. The molecule has 1 aromatic rings. The third-order valence-electron chi connectivity index (χ3n) is 1.95. The highest BCUT2D eigenvalue weighted by atomic mass is 79.9. The summed E-state index contributed by atoms with van der Waals surface area (Å²) in [6.45, 7) is 0.826. The van der Waals surface area contributed by atoms with Crippen LogP contribution in [0.3, 0.4) is 0 Å². The highest BCUT2D eigenvalue weighted by Gasteiger charge is 2.04. The molecule has 0 atom stereocenters. The fourth-order valence-electron chi connectivity index (χ4n) is 1.12. The first kappa shape index (κ1) is 14.0. The molecule has 0 unspecified atom stereocenters. The summed E-state index contributed by atoms with van der Waals surface area (Å²) in [4.78, 5) is 22.6. The van der Waals surface area contributed by atoms with Crippen LogP contribution in [0.1, 0.15) is 17.7 Å². The molecule has 0 spiro atoms. The van der Waals surface area contributed by atoms with Crippen molar-refractivity contribution >= 4 is 39.3 Å². The maximum Gasteiger partial charge on any atom is 0.315 e. The minimum Gasteiger partial charge on any atom is -0.481 e. The van der Waals surface area contributed by atoms with Gasteiger partial charge < -0.3 is 15.7 Å². The standard InChI is InChI=1S/C10H13BrN2O3S/c11-7-3-5-17-8(7)6-13-10(16)12-4-1-2-9(14)15/h3,5H,1-2,4,6H2,(H,14,15)(H2,12,13,16). The second-order valence-corrected chi connectivity index (χ2v) is 5.15. The largest absolute Gasteiger partial charge is 0.481 e. The SMILES string of the molecule is O=C(O)CCCNC(=O)NCc1sccc1Br. The second kappa shape index (κ2) is 7.29. The number of carboxylic acids is 1. The van der Waals surface area contributed by atoms with Gasteiger partial charge in [0, 0.05) is 22.3 Å². The molecule has 0 saturated carbocycles. The summed E-state index contributed by atoms with van der Waals surface area (Å²) in [7, 11) is 0. The van der Waals surface area contributed by atoms with Crippen molar-refractivity contribution in [3.63, 3.8) is 0 Å². The number of halogens is 1. The number of carbonyl (C=O) groups excluding carboxylic acids is 1. The molecule has 0 aromatic carbocycles. The van der Waals surface area contributed by atoms with E-state index in [2.05, 4.69) is 26.6 Å². The first-order valence-corrected chi connectivity index (χ1v) is 6.72. The van der Waals surface area contributed by atoms with Gasteiger partial charge in [0.15, 0.2) is 0 Å². The predicted octanol–water partition coefficient (Wildman–Crippen LogP) is 2.17. The highest BCUT2D eigenvalue weighted by molar-refractivity contribution is 9.10. The molecule has 5 nitrogen and oxygen atoms in total. The van der Waals surface area contributed by atoms with Crippen molar-refractivity contribution in [2.45, 2.75) is 19.4 Å². The van der Waals surface area contributed by atoms with Gasteiger partial charge in [0.2, 0.25) is 0 Å². The Hall–Kier alpha value is -1.08. The zero-order valence-corrected chi connectivity index (χ0v) is 11.4. The van der Waals surface area contributed by atoms with Crippen LogP contribution < -0.4 is 10.6 Å². The van der Waals surface area contributed by atoms with E-state index in [1.54, 1.807) is 11.3 Å². The summed E-state index contributed by atoms with van der Waals surface area (Å²) < 4.78 is 0.980. The quantitative estimate of drug-likeness (QED) is 0.703. The van der Waals surface area contributed by atoms with E-state index >= 15 is 0 Å². The number of carbonyl (C=O) groups is 2. The maximum absolute atomic E-state index is 11.3. The fraction of sp³-hybridized carbons (Fsp3) is 0.400. The zero-order valence-electron chi connectivity index (χ0n) is 9.03. The molecule has 0 aliphatic heterocycles.